The second-order valence-corrected chi connectivity index (χ2v) is 7.09. The monoisotopic (exact) mass is 362 g/mol. The molecule has 4 nitrogen and oxygen atoms in total. The third-order valence-corrected chi connectivity index (χ3v) is 5.81. The largest absolute Gasteiger partial charge is 0.465 e. The van der Waals surface area contributed by atoms with Crippen molar-refractivity contribution in [1.29, 1.82) is 0 Å². The molecule has 0 aliphatic rings. The Balaban J connectivity index is 1.84. The van der Waals surface area contributed by atoms with Crippen molar-refractivity contribution in [2.24, 2.45) is 0 Å². The first kappa shape index (κ1) is 16.0. The summed E-state index contributed by atoms with van der Waals surface area (Å²) in [6.07, 6.45) is 1.94. The van der Waals surface area contributed by atoms with Gasteiger partial charge in [-0.3, -0.25) is 0 Å². The van der Waals surface area contributed by atoms with Gasteiger partial charge < -0.3 is 10.1 Å². The van der Waals surface area contributed by atoms with Gasteiger partial charge >= 0.3 is 5.97 Å². The van der Waals surface area contributed by atoms with E-state index in [1.807, 2.05) is 47.3 Å². The number of hydrogen-bond acceptors (Lipinski definition) is 7. The number of esters is 1. The highest BCUT2D eigenvalue weighted by Gasteiger charge is 2.18. The van der Waals surface area contributed by atoms with E-state index in [2.05, 4.69) is 10.3 Å². The third kappa shape index (κ3) is 3.41. The molecule has 0 spiro atoms. The summed E-state index contributed by atoms with van der Waals surface area (Å²) < 4.78 is 4.82. The van der Waals surface area contributed by atoms with Crippen molar-refractivity contribution in [2.45, 2.75) is 4.90 Å². The number of ether oxygens (including phenoxy) is 1. The number of nitrogens with zero attached hydrogens (tertiary/aromatic N) is 1. The smallest absolute Gasteiger partial charge is 0.349 e. The molecule has 0 amide bonds. The van der Waals surface area contributed by atoms with E-state index in [1.54, 1.807) is 0 Å². The number of anilines is 2. The summed E-state index contributed by atoms with van der Waals surface area (Å²) in [4.78, 5) is 17.9. The zero-order valence-electron chi connectivity index (χ0n) is 12.5. The zero-order valence-corrected chi connectivity index (χ0v) is 15.0. The number of aromatic nitrogens is 1. The van der Waals surface area contributed by atoms with Crippen molar-refractivity contribution in [3.8, 4) is 11.3 Å². The maximum Gasteiger partial charge on any atom is 0.349 e. The lowest BCUT2D eigenvalue weighted by atomic mass is 10.2. The molecule has 3 rings (SSSR count). The molecule has 1 aromatic carbocycles. The highest BCUT2D eigenvalue weighted by molar-refractivity contribution is 7.99. The molecular formula is C16H14N2O2S3. The Bertz CT molecular complexity index is 812. The van der Waals surface area contributed by atoms with Crippen LogP contribution in [0.3, 0.4) is 0 Å². The van der Waals surface area contributed by atoms with Crippen LogP contribution in [0, 0.1) is 0 Å². The summed E-state index contributed by atoms with van der Waals surface area (Å²) >= 11 is 4.43. The number of rotatable bonds is 5. The fourth-order valence-electron chi connectivity index (χ4n) is 2.06. The van der Waals surface area contributed by atoms with Crippen molar-refractivity contribution in [2.75, 3.05) is 18.7 Å². The summed E-state index contributed by atoms with van der Waals surface area (Å²) in [5.41, 5.74) is 2.91. The lowest BCUT2D eigenvalue weighted by Gasteiger charge is -2.04. The first-order valence-electron chi connectivity index (χ1n) is 6.74. The maximum atomic E-state index is 11.8. The number of thiazole rings is 1. The molecule has 0 unspecified atom stereocenters. The van der Waals surface area contributed by atoms with E-state index < -0.39 is 0 Å². The normalized spacial score (nSPS) is 10.5. The van der Waals surface area contributed by atoms with Crippen molar-refractivity contribution >= 4 is 51.2 Å². The summed E-state index contributed by atoms with van der Waals surface area (Å²) in [6, 6.07) is 10.0. The minimum absolute atomic E-state index is 0.309. The first-order valence-corrected chi connectivity index (χ1v) is 9.73. The Morgan fingerprint density at radius 3 is 2.70 bits per heavy atom. The minimum atomic E-state index is -0.309. The average molecular weight is 363 g/mol. The molecule has 118 valence electrons. The van der Waals surface area contributed by atoms with Crippen LogP contribution < -0.4 is 5.32 Å². The molecule has 0 saturated carbocycles. The van der Waals surface area contributed by atoms with E-state index in [1.165, 1.54) is 41.5 Å². The Labute approximate surface area is 146 Å². The molecule has 7 heteroatoms. The van der Waals surface area contributed by atoms with Gasteiger partial charge in [0, 0.05) is 16.3 Å². The first-order chi connectivity index (χ1) is 11.2. The lowest BCUT2D eigenvalue weighted by molar-refractivity contribution is 0.0603. The molecule has 2 aromatic heterocycles. The highest BCUT2D eigenvalue weighted by atomic mass is 32.2. The van der Waals surface area contributed by atoms with Crippen molar-refractivity contribution < 1.29 is 9.53 Å². The molecule has 0 aliphatic carbocycles. The third-order valence-electron chi connectivity index (χ3n) is 3.14. The fraction of sp³-hybridized carbons (Fsp3) is 0.125. The molecule has 0 radical (unpaired) electrons. The number of thioether (sulfide) groups is 1. The van der Waals surface area contributed by atoms with Gasteiger partial charge in [0.05, 0.1) is 23.4 Å². The van der Waals surface area contributed by atoms with Gasteiger partial charge in [-0.1, -0.05) is 30.3 Å². The molecular weight excluding hydrogens is 348 g/mol. The second-order valence-electron chi connectivity index (χ2n) is 4.53. The Hall–Kier alpha value is -1.83. The number of thiophene rings is 1. The number of carbonyl (C=O) groups is 1. The number of hydrogen-bond donors (Lipinski definition) is 1. The number of carbonyl (C=O) groups excluding carboxylic acids is 1. The van der Waals surface area contributed by atoms with Crippen LogP contribution in [0.25, 0.3) is 11.3 Å². The van der Waals surface area contributed by atoms with Crippen LogP contribution in [0.5, 0.6) is 0 Å². The van der Waals surface area contributed by atoms with Crippen LogP contribution in [0.1, 0.15) is 9.67 Å². The van der Waals surface area contributed by atoms with Gasteiger partial charge in [-0.15, -0.1) is 34.4 Å². The number of nitrogens with one attached hydrogen (secondary N) is 1. The SMILES string of the molecule is COC(=O)c1scc(Nc2nc(-c3ccccc3)cs2)c1SC. The molecule has 23 heavy (non-hydrogen) atoms. The molecule has 0 fully saturated rings. The van der Waals surface area contributed by atoms with Crippen LogP contribution >= 0.6 is 34.4 Å². The topological polar surface area (TPSA) is 51.2 Å². The van der Waals surface area contributed by atoms with E-state index in [0.717, 1.165) is 27.0 Å². The van der Waals surface area contributed by atoms with Crippen LogP contribution in [-0.4, -0.2) is 24.3 Å². The maximum absolute atomic E-state index is 11.8. The van der Waals surface area contributed by atoms with E-state index in [4.69, 9.17) is 4.74 Å². The quantitative estimate of drug-likeness (QED) is 0.504. The number of methoxy groups -OCH3 is 1. The molecule has 0 saturated heterocycles. The molecule has 0 bridgehead atoms. The Morgan fingerprint density at radius 1 is 1.22 bits per heavy atom. The van der Waals surface area contributed by atoms with Gasteiger partial charge in [0.1, 0.15) is 4.88 Å². The van der Waals surface area contributed by atoms with E-state index >= 15 is 0 Å². The van der Waals surface area contributed by atoms with Crippen molar-refractivity contribution in [3.63, 3.8) is 0 Å². The standard InChI is InChI=1S/C16H14N2O2S3/c1-20-15(19)14-13(21-2)12(9-22-14)18-16-17-11(8-23-16)10-6-4-3-5-7-10/h3-9H,1-2H3,(H,17,18). The van der Waals surface area contributed by atoms with E-state index in [-0.39, 0.29) is 5.97 Å². The van der Waals surface area contributed by atoms with Gasteiger partial charge in [0.15, 0.2) is 5.13 Å². The molecule has 0 atom stereocenters. The van der Waals surface area contributed by atoms with Gasteiger partial charge in [-0.25, -0.2) is 9.78 Å². The average Bonchev–Trinajstić information content (AvgIpc) is 3.22. The predicted molar refractivity (Wildman–Crippen MR) is 98.3 cm³/mol. The van der Waals surface area contributed by atoms with Crippen molar-refractivity contribution in [1.82, 2.24) is 4.98 Å². The van der Waals surface area contributed by atoms with Crippen LogP contribution in [0.2, 0.25) is 0 Å². The minimum Gasteiger partial charge on any atom is -0.465 e. The highest BCUT2D eigenvalue weighted by Crippen LogP contribution is 2.38. The molecule has 2 heterocycles. The summed E-state index contributed by atoms with van der Waals surface area (Å²) in [5, 5.41) is 8.04. The van der Waals surface area contributed by atoms with Gasteiger partial charge in [-0.2, -0.15) is 0 Å². The lowest BCUT2D eigenvalue weighted by Crippen LogP contribution is -2.00. The van der Waals surface area contributed by atoms with Crippen molar-refractivity contribution in [3.05, 3.63) is 46.0 Å². The van der Waals surface area contributed by atoms with Gasteiger partial charge in [-0.05, 0) is 6.26 Å². The molecule has 0 aliphatic heterocycles. The Kier molecular flexibility index (Phi) is 5.00. The summed E-state index contributed by atoms with van der Waals surface area (Å²) in [7, 11) is 1.40. The molecule has 3 aromatic rings. The Morgan fingerprint density at radius 2 is 2.00 bits per heavy atom. The van der Waals surface area contributed by atoms with E-state index in [0.29, 0.717) is 4.88 Å². The van der Waals surface area contributed by atoms with Crippen LogP contribution in [-0.2, 0) is 4.74 Å². The fourth-order valence-corrected chi connectivity index (χ4v) is 4.67. The van der Waals surface area contributed by atoms with E-state index in [9.17, 15) is 4.79 Å². The van der Waals surface area contributed by atoms with Gasteiger partial charge in [0.2, 0.25) is 0 Å². The zero-order chi connectivity index (χ0) is 16.2. The van der Waals surface area contributed by atoms with Crippen LogP contribution in [0.15, 0.2) is 46.0 Å². The van der Waals surface area contributed by atoms with Gasteiger partial charge in [0.25, 0.3) is 0 Å². The molecule has 1 N–H and O–H groups in total. The predicted octanol–water partition coefficient (Wildman–Crippen LogP) is 5.12. The van der Waals surface area contributed by atoms with Crippen LogP contribution in [0.4, 0.5) is 10.8 Å². The number of benzene rings is 1. The second kappa shape index (κ2) is 7.16. The summed E-state index contributed by atoms with van der Waals surface area (Å²) in [6.45, 7) is 0. The summed E-state index contributed by atoms with van der Waals surface area (Å²) in [5.74, 6) is -0.309.